The largest absolute Gasteiger partial charge is 0.338 e. The van der Waals surface area contributed by atoms with Gasteiger partial charge in [0, 0.05) is 22.4 Å². The third kappa shape index (κ3) is 3.09. The maximum absolute atomic E-state index is 2.45. The van der Waals surface area contributed by atoms with Gasteiger partial charge >= 0.3 is 0 Å². The Kier molecular flexibility index (Phi) is 4.96. The van der Waals surface area contributed by atoms with Crippen LogP contribution in [0, 0.1) is 0 Å². The fraction of sp³-hybridized carbons (Fsp3) is 0.333. The summed E-state index contributed by atoms with van der Waals surface area (Å²) in [7, 11) is 4.28. The second kappa shape index (κ2) is 6.54. The van der Waals surface area contributed by atoms with Gasteiger partial charge in [-0.05, 0) is 45.3 Å². The van der Waals surface area contributed by atoms with Crippen LogP contribution >= 0.6 is 11.8 Å². The van der Waals surface area contributed by atoms with Gasteiger partial charge in [0.2, 0.25) is 0 Å². The van der Waals surface area contributed by atoms with Gasteiger partial charge in [-0.2, -0.15) is 0 Å². The van der Waals surface area contributed by atoms with Crippen molar-refractivity contribution in [3.8, 4) is 0 Å². The zero-order valence-electron chi connectivity index (χ0n) is 12.2. The molecule has 0 aromatic heterocycles. The third-order valence-electron chi connectivity index (χ3n) is 3.86. The molecule has 112 valence electrons. The highest BCUT2D eigenvalue weighted by Crippen LogP contribution is 2.47. The van der Waals surface area contributed by atoms with E-state index < -0.39 is 0 Å². The molecule has 0 fully saturated rings. The van der Waals surface area contributed by atoms with Gasteiger partial charge in [0.15, 0.2) is 0 Å². The Morgan fingerprint density at radius 2 is 1.43 bits per heavy atom. The number of fused-ring (bicyclic) bond motifs is 2. The number of nitrogens with zero attached hydrogens (tertiary/aromatic N) is 2. The standard InChI is InChI=1S/C17H20N2S.CH4/c1-13(18(2)3)12-19-14-8-4-6-10-16(14)20-17-11-7-5-9-15(17)19;/h4-11,13H,12H2,1-3H3;1H4. The van der Waals surface area contributed by atoms with Crippen molar-refractivity contribution in [2.75, 3.05) is 25.5 Å². The van der Waals surface area contributed by atoms with Crippen molar-refractivity contribution in [3.63, 3.8) is 0 Å². The van der Waals surface area contributed by atoms with Gasteiger partial charge in [0.05, 0.1) is 11.4 Å². The summed E-state index contributed by atoms with van der Waals surface area (Å²) in [5, 5.41) is 0. The predicted octanol–water partition coefficient (Wildman–Crippen LogP) is 4.88. The number of hydrogen-bond acceptors (Lipinski definition) is 3. The minimum atomic E-state index is 0. The average Bonchev–Trinajstić information content (AvgIpc) is 2.46. The van der Waals surface area contributed by atoms with Crippen LogP contribution in [0.3, 0.4) is 0 Å². The van der Waals surface area contributed by atoms with E-state index in [9.17, 15) is 0 Å². The molecule has 2 aromatic carbocycles. The minimum absolute atomic E-state index is 0. The molecule has 0 spiro atoms. The summed E-state index contributed by atoms with van der Waals surface area (Å²) in [5.74, 6) is 0. The monoisotopic (exact) mass is 300 g/mol. The van der Waals surface area contributed by atoms with Crippen LogP contribution in [0.1, 0.15) is 14.4 Å². The topological polar surface area (TPSA) is 6.48 Å². The fourth-order valence-electron chi connectivity index (χ4n) is 2.41. The smallest absolute Gasteiger partial charge is 0.0553 e. The zero-order valence-corrected chi connectivity index (χ0v) is 13.0. The summed E-state index contributed by atoms with van der Waals surface area (Å²) in [6, 6.07) is 17.9. The molecule has 0 aliphatic carbocycles. The SMILES string of the molecule is C.CC(CN1c2ccccc2Sc2ccccc21)N(C)C. The number of anilines is 2. The van der Waals surface area contributed by atoms with E-state index in [1.165, 1.54) is 21.2 Å². The quantitative estimate of drug-likeness (QED) is 0.798. The molecule has 1 atom stereocenters. The summed E-state index contributed by atoms with van der Waals surface area (Å²) in [6.45, 7) is 3.27. The first-order chi connectivity index (χ1) is 9.66. The van der Waals surface area contributed by atoms with Crippen LogP contribution < -0.4 is 4.90 Å². The average molecular weight is 300 g/mol. The van der Waals surface area contributed by atoms with Gasteiger partial charge in [-0.3, -0.25) is 0 Å². The molecule has 3 heteroatoms. The van der Waals surface area contributed by atoms with Crippen LogP contribution in [0.2, 0.25) is 0 Å². The Morgan fingerprint density at radius 1 is 0.952 bits per heavy atom. The molecule has 2 nitrogen and oxygen atoms in total. The first-order valence-electron chi connectivity index (χ1n) is 6.96. The first-order valence-corrected chi connectivity index (χ1v) is 7.78. The Morgan fingerprint density at radius 3 is 1.90 bits per heavy atom. The number of hydrogen-bond donors (Lipinski definition) is 0. The second-order valence-electron chi connectivity index (χ2n) is 5.46. The molecule has 1 aliphatic heterocycles. The van der Waals surface area contributed by atoms with E-state index in [-0.39, 0.29) is 7.43 Å². The summed E-state index contributed by atoms with van der Waals surface area (Å²) in [4.78, 5) is 7.41. The Hall–Kier alpha value is -1.45. The molecular formula is C18H24N2S. The molecule has 0 saturated heterocycles. The molecule has 3 rings (SSSR count). The van der Waals surface area contributed by atoms with Crippen molar-refractivity contribution in [1.82, 2.24) is 4.90 Å². The molecule has 0 bridgehead atoms. The zero-order chi connectivity index (χ0) is 14.1. The molecule has 0 amide bonds. The third-order valence-corrected chi connectivity index (χ3v) is 4.99. The molecule has 21 heavy (non-hydrogen) atoms. The maximum atomic E-state index is 2.45. The van der Waals surface area contributed by atoms with Crippen molar-refractivity contribution < 1.29 is 0 Å². The highest BCUT2D eigenvalue weighted by atomic mass is 32.2. The van der Waals surface area contributed by atoms with Crippen molar-refractivity contribution in [2.24, 2.45) is 0 Å². The maximum Gasteiger partial charge on any atom is 0.0553 e. The number of benzene rings is 2. The van der Waals surface area contributed by atoms with Crippen LogP contribution in [0.4, 0.5) is 11.4 Å². The molecule has 0 radical (unpaired) electrons. The van der Waals surface area contributed by atoms with Crippen LogP contribution in [-0.4, -0.2) is 31.6 Å². The summed E-state index contributed by atoms with van der Waals surface area (Å²) >= 11 is 1.87. The van der Waals surface area contributed by atoms with Crippen molar-refractivity contribution in [3.05, 3.63) is 48.5 Å². The molecule has 2 aromatic rings. The number of rotatable bonds is 3. The van der Waals surface area contributed by atoms with E-state index in [2.05, 4.69) is 79.3 Å². The van der Waals surface area contributed by atoms with Crippen molar-refractivity contribution >= 4 is 23.1 Å². The normalized spacial score (nSPS) is 14.2. The van der Waals surface area contributed by atoms with Gasteiger partial charge in [0.1, 0.15) is 0 Å². The molecule has 0 saturated carbocycles. The van der Waals surface area contributed by atoms with E-state index in [0.29, 0.717) is 6.04 Å². The van der Waals surface area contributed by atoms with Crippen LogP contribution in [0.5, 0.6) is 0 Å². The lowest BCUT2D eigenvalue weighted by Gasteiger charge is -2.36. The lowest BCUT2D eigenvalue weighted by atomic mass is 10.2. The van der Waals surface area contributed by atoms with Crippen LogP contribution in [-0.2, 0) is 0 Å². The highest BCUT2D eigenvalue weighted by molar-refractivity contribution is 7.99. The second-order valence-corrected chi connectivity index (χ2v) is 6.54. The lowest BCUT2D eigenvalue weighted by Crippen LogP contribution is -2.37. The lowest BCUT2D eigenvalue weighted by molar-refractivity contribution is 0.319. The first kappa shape index (κ1) is 15.9. The van der Waals surface area contributed by atoms with Gasteiger partial charge in [-0.25, -0.2) is 0 Å². The Labute approximate surface area is 132 Å². The van der Waals surface area contributed by atoms with Gasteiger partial charge < -0.3 is 9.80 Å². The molecule has 1 heterocycles. The highest BCUT2D eigenvalue weighted by Gasteiger charge is 2.24. The fourth-order valence-corrected chi connectivity index (χ4v) is 3.50. The van der Waals surface area contributed by atoms with E-state index in [1.807, 2.05) is 11.8 Å². The van der Waals surface area contributed by atoms with E-state index >= 15 is 0 Å². The number of para-hydroxylation sites is 2. The molecule has 1 aliphatic rings. The van der Waals surface area contributed by atoms with Crippen LogP contribution in [0.25, 0.3) is 0 Å². The molecule has 0 N–H and O–H groups in total. The van der Waals surface area contributed by atoms with Gasteiger partial charge in [0.25, 0.3) is 0 Å². The van der Waals surface area contributed by atoms with E-state index in [0.717, 1.165) is 6.54 Å². The Balaban J connectivity index is 0.00000161. The van der Waals surface area contributed by atoms with E-state index in [1.54, 1.807) is 0 Å². The predicted molar refractivity (Wildman–Crippen MR) is 93.9 cm³/mol. The summed E-state index contributed by atoms with van der Waals surface area (Å²) in [5.41, 5.74) is 2.65. The Bertz CT molecular complexity index is 564. The van der Waals surface area contributed by atoms with Gasteiger partial charge in [-0.1, -0.05) is 43.5 Å². The van der Waals surface area contributed by atoms with Crippen molar-refractivity contribution in [2.45, 2.75) is 30.2 Å². The molecular weight excluding hydrogens is 276 g/mol. The van der Waals surface area contributed by atoms with Crippen molar-refractivity contribution in [1.29, 1.82) is 0 Å². The van der Waals surface area contributed by atoms with E-state index in [4.69, 9.17) is 0 Å². The summed E-state index contributed by atoms with van der Waals surface area (Å²) < 4.78 is 0. The van der Waals surface area contributed by atoms with Gasteiger partial charge in [-0.15, -0.1) is 0 Å². The minimum Gasteiger partial charge on any atom is -0.338 e. The summed E-state index contributed by atoms with van der Waals surface area (Å²) in [6.07, 6.45) is 0. The molecule has 1 unspecified atom stereocenters. The number of likely N-dealkylation sites (N-methyl/N-ethyl adjacent to an activating group) is 1. The van der Waals surface area contributed by atoms with Crippen LogP contribution in [0.15, 0.2) is 58.3 Å².